The molecule has 0 heterocycles. The minimum atomic E-state index is -1.82. The molecular weight excluding hydrogens is 348 g/mol. The van der Waals surface area contributed by atoms with Crippen LogP contribution in [0.15, 0.2) is 36.0 Å². The summed E-state index contributed by atoms with van der Waals surface area (Å²) in [5.41, 5.74) is 2.57. The molecule has 0 N–H and O–H groups in total. The minimum absolute atomic E-state index is 0.122. The molecule has 0 bridgehead atoms. The second-order valence-corrected chi connectivity index (χ2v) is 14.5. The first-order valence-corrected chi connectivity index (χ1v) is 13.3. The molecule has 0 aromatic heterocycles. The fraction of sp³-hybridized carbons (Fsp3) is 0.708. The SMILES string of the molecule is C=C[C@@H](O[Si](C)(C)C(C)(C)C)[C@@H](CC/C(C)=C/CC/C(C)=C/C=O)C(C)C. The van der Waals surface area contributed by atoms with Crippen molar-refractivity contribution in [3.63, 3.8) is 0 Å². The van der Waals surface area contributed by atoms with Crippen LogP contribution in [0.4, 0.5) is 0 Å². The Morgan fingerprint density at radius 2 is 1.70 bits per heavy atom. The van der Waals surface area contributed by atoms with Gasteiger partial charge in [0.15, 0.2) is 8.32 Å². The Hall–Kier alpha value is -0.933. The van der Waals surface area contributed by atoms with Gasteiger partial charge >= 0.3 is 0 Å². The lowest BCUT2D eigenvalue weighted by Gasteiger charge is -2.41. The van der Waals surface area contributed by atoms with Gasteiger partial charge in [-0.25, -0.2) is 0 Å². The van der Waals surface area contributed by atoms with Crippen LogP contribution in [-0.2, 0) is 9.22 Å². The Labute approximate surface area is 170 Å². The lowest BCUT2D eigenvalue weighted by atomic mass is 9.85. The first-order chi connectivity index (χ1) is 12.4. The fourth-order valence-electron chi connectivity index (χ4n) is 2.95. The van der Waals surface area contributed by atoms with Crippen LogP contribution in [0.25, 0.3) is 0 Å². The Balaban J connectivity index is 4.94. The van der Waals surface area contributed by atoms with Crippen molar-refractivity contribution in [1.29, 1.82) is 0 Å². The van der Waals surface area contributed by atoms with Gasteiger partial charge in [-0.1, -0.05) is 57.9 Å². The van der Waals surface area contributed by atoms with E-state index in [1.165, 1.54) is 5.57 Å². The molecule has 0 unspecified atom stereocenters. The topological polar surface area (TPSA) is 26.3 Å². The van der Waals surface area contributed by atoms with Gasteiger partial charge in [-0.2, -0.15) is 0 Å². The summed E-state index contributed by atoms with van der Waals surface area (Å²) >= 11 is 0. The van der Waals surface area contributed by atoms with Crippen molar-refractivity contribution in [3.8, 4) is 0 Å². The average Bonchev–Trinajstić information content (AvgIpc) is 2.52. The summed E-state index contributed by atoms with van der Waals surface area (Å²) in [7, 11) is -1.82. The number of hydrogen-bond acceptors (Lipinski definition) is 2. The number of allylic oxidation sites excluding steroid dienone is 4. The zero-order chi connectivity index (χ0) is 21.3. The third-order valence-corrected chi connectivity index (χ3v) is 10.5. The van der Waals surface area contributed by atoms with Crippen LogP contribution >= 0.6 is 0 Å². The van der Waals surface area contributed by atoms with E-state index in [4.69, 9.17) is 4.43 Å². The van der Waals surface area contributed by atoms with Crippen molar-refractivity contribution >= 4 is 14.6 Å². The van der Waals surface area contributed by atoms with Crippen molar-refractivity contribution in [1.82, 2.24) is 0 Å². The van der Waals surface area contributed by atoms with E-state index < -0.39 is 8.32 Å². The highest BCUT2D eigenvalue weighted by molar-refractivity contribution is 6.74. The summed E-state index contributed by atoms with van der Waals surface area (Å²) < 4.78 is 6.71. The Kier molecular flexibility index (Phi) is 11.4. The molecule has 0 amide bonds. The van der Waals surface area contributed by atoms with Crippen LogP contribution in [0.3, 0.4) is 0 Å². The maximum atomic E-state index is 10.5. The highest BCUT2D eigenvalue weighted by atomic mass is 28.4. The summed E-state index contributed by atoms with van der Waals surface area (Å²) in [6.45, 7) is 24.4. The van der Waals surface area contributed by atoms with Gasteiger partial charge in [-0.05, 0) is 75.6 Å². The quantitative estimate of drug-likeness (QED) is 0.149. The van der Waals surface area contributed by atoms with Crippen LogP contribution < -0.4 is 0 Å². The van der Waals surface area contributed by atoms with Crippen LogP contribution in [0, 0.1) is 11.8 Å². The molecule has 0 aliphatic heterocycles. The molecule has 2 nitrogen and oxygen atoms in total. The van der Waals surface area contributed by atoms with E-state index in [0.717, 1.165) is 37.5 Å². The molecular formula is C24H44O2Si. The number of aldehydes is 1. The highest BCUT2D eigenvalue weighted by Gasteiger charge is 2.40. The van der Waals surface area contributed by atoms with Crippen molar-refractivity contribution < 1.29 is 9.22 Å². The zero-order valence-corrected chi connectivity index (χ0v) is 20.4. The molecule has 2 atom stereocenters. The van der Waals surface area contributed by atoms with Crippen LogP contribution in [0.1, 0.15) is 74.1 Å². The van der Waals surface area contributed by atoms with E-state index in [-0.39, 0.29) is 11.1 Å². The minimum Gasteiger partial charge on any atom is -0.410 e. The van der Waals surface area contributed by atoms with E-state index in [1.54, 1.807) is 6.08 Å². The van der Waals surface area contributed by atoms with Gasteiger partial charge < -0.3 is 4.43 Å². The van der Waals surface area contributed by atoms with Crippen LogP contribution in [-0.4, -0.2) is 20.7 Å². The maximum Gasteiger partial charge on any atom is 0.192 e. The monoisotopic (exact) mass is 392 g/mol. The van der Waals surface area contributed by atoms with Gasteiger partial charge in [0, 0.05) is 0 Å². The molecule has 0 aromatic carbocycles. The molecule has 0 radical (unpaired) electrons. The second-order valence-electron chi connectivity index (χ2n) is 9.76. The summed E-state index contributed by atoms with van der Waals surface area (Å²) in [5.74, 6) is 1.04. The lowest BCUT2D eigenvalue weighted by Crippen LogP contribution is -2.46. The molecule has 0 aliphatic rings. The van der Waals surface area contributed by atoms with Gasteiger partial charge in [0.05, 0.1) is 6.10 Å². The Bertz CT molecular complexity index is 521. The zero-order valence-electron chi connectivity index (χ0n) is 19.4. The Morgan fingerprint density at radius 3 is 2.15 bits per heavy atom. The van der Waals surface area contributed by atoms with Crippen molar-refractivity contribution in [2.24, 2.45) is 11.8 Å². The number of carbonyl (C=O) groups is 1. The van der Waals surface area contributed by atoms with Gasteiger partial charge in [-0.15, -0.1) is 6.58 Å². The lowest BCUT2D eigenvalue weighted by molar-refractivity contribution is -0.104. The third kappa shape index (κ3) is 9.71. The standard InChI is InChI=1S/C24H44O2Si/c1-11-23(26-27(9,10)24(6,7)8)22(19(2)3)16-15-20(4)13-12-14-21(5)17-18-25/h11,13,17-19,22-23H,1,12,14-16H2,2-10H3/b20-13+,21-17+/t22-,23+/m0/s1. The largest absolute Gasteiger partial charge is 0.410 e. The summed E-state index contributed by atoms with van der Waals surface area (Å²) in [5, 5.41) is 0.207. The molecule has 27 heavy (non-hydrogen) atoms. The molecule has 0 aliphatic carbocycles. The van der Waals surface area contributed by atoms with Crippen molar-refractivity contribution in [3.05, 3.63) is 36.0 Å². The van der Waals surface area contributed by atoms with E-state index in [0.29, 0.717) is 11.8 Å². The number of rotatable bonds is 12. The fourth-order valence-corrected chi connectivity index (χ4v) is 4.25. The summed E-state index contributed by atoms with van der Waals surface area (Å²) in [4.78, 5) is 10.5. The van der Waals surface area contributed by atoms with Gasteiger partial charge in [0.25, 0.3) is 0 Å². The molecule has 3 heteroatoms. The summed E-state index contributed by atoms with van der Waals surface area (Å²) in [6.07, 6.45) is 11.2. The smallest absolute Gasteiger partial charge is 0.192 e. The van der Waals surface area contributed by atoms with Crippen molar-refractivity contribution in [2.45, 2.75) is 98.4 Å². The predicted molar refractivity (Wildman–Crippen MR) is 123 cm³/mol. The highest BCUT2D eigenvalue weighted by Crippen LogP contribution is 2.39. The molecule has 0 spiro atoms. The van der Waals surface area contributed by atoms with Crippen molar-refractivity contribution in [2.75, 3.05) is 0 Å². The number of hydrogen-bond donors (Lipinski definition) is 0. The number of carbonyl (C=O) groups excluding carboxylic acids is 1. The molecule has 0 saturated carbocycles. The Morgan fingerprint density at radius 1 is 1.11 bits per heavy atom. The molecule has 0 aromatic rings. The maximum absolute atomic E-state index is 10.5. The first kappa shape index (κ1) is 26.1. The van der Waals surface area contributed by atoms with E-state index in [2.05, 4.69) is 67.3 Å². The first-order valence-electron chi connectivity index (χ1n) is 10.4. The molecule has 0 rings (SSSR count). The van der Waals surface area contributed by atoms with Crippen LogP contribution in [0.5, 0.6) is 0 Å². The average molecular weight is 393 g/mol. The molecule has 156 valence electrons. The second kappa shape index (κ2) is 11.8. The van der Waals surface area contributed by atoms with E-state index in [9.17, 15) is 4.79 Å². The van der Waals surface area contributed by atoms with E-state index >= 15 is 0 Å². The normalized spacial score (nSPS) is 16.4. The van der Waals surface area contributed by atoms with Gasteiger partial charge in [0.2, 0.25) is 0 Å². The molecule has 0 fully saturated rings. The predicted octanol–water partition coefficient (Wildman–Crippen LogP) is 7.49. The van der Waals surface area contributed by atoms with Gasteiger partial charge in [0.1, 0.15) is 6.29 Å². The molecule has 0 saturated heterocycles. The van der Waals surface area contributed by atoms with Crippen LogP contribution in [0.2, 0.25) is 18.1 Å². The van der Waals surface area contributed by atoms with E-state index in [1.807, 2.05) is 13.0 Å². The summed E-state index contributed by atoms with van der Waals surface area (Å²) in [6, 6.07) is 0. The third-order valence-electron chi connectivity index (χ3n) is 6.00. The van der Waals surface area contributed by atoms with Gasteiger partial charge in [-0.3, -0.25) is 4.79 Å².